The number of nitrogens with zero attached hydrogens (tertiary/aromatic N) is 3. The van der Waals surface area contributed by atoms with Gasteiger partial charge in [-0.3, -0.25) is 0 Å². The molecule has 0 spiro atoms. The minimum Gasteiger partial charge on any atom is -0.379 e. The number of nitrogens with one attached hydrogen (secondary N) is 1. The molecular weight excluding hydrogens is 206 g/mol. The van der Waals surface area contributed by atoms with Crippen LogP contribution in [0.4, 0.5) is 0 Å². The zero-order chi connectivity index (χ0) is 11.2. The summed E-state index contributed by atoms with van der Waals surface area (Å²) in [6, 6.07) is -0.0407. The summed E-state index contributed by atoms with van der Waals surface area (Å²) in [5.74, 6) is 0.827. The summed E-state index contributed by atoms with van der Waals surface area (Å²) in [4.78, 5) is 15.7. The van der Waals surface area contributed by atoms with Gasteiger partial charge in [-0.15, -0.1) is 0 Å². The van der Waals surface area contributed by atoms with Crippen molar-refractivity contribution < 1.29 is 4.74 Å². The molecule has 0 radical (unpaired) electrons. The average molecular weight is 219 g/mol. The lowest BCUT2D eigenvalue weighted by Gasteiger charge is -2.23. The van der Waals surface area contributed by atoms with E-state index in [1.165, 1.54) is 6.33 Å². The molecule has 1 fully saturated rings. The van der Waals surface area contributed by atoms with Gasteiger partial charge in [0.1, 0.15) is 17.7 Å². The van der Waals surface area contributed by atoms with E-state index in [9.17, 15) is 0 Å². The van der Waals surface area contributed by atoms with E-state index in [0.29, 0.717) is 18.9 Å². The summed E-state index contributed by atoms with van der Waals surface area (Å²) in [5, 5.41) is 0. The van der Waals surface area contributed by atoms with Crippen LogP contribution in [0.5, 0.6) is 0 Å². The molecule has 1 saturated heterocycles. The minimum absolute atomic E-state index is 0.0407. The number of H-pyrrole nitrogens is 1. The van der Waals surface area contributed by atoms with Gasteiger partial charge in [-0.1, -0.05) is 0 Å². The van der Waals surface area contributed by atoms with E-state index >= 15 is 0 Å². The Morgan fingerprint density at radius 3 is 3.19 bits per heavy atom. The lowest BCUT2D eigenvalue weighted by atomic mass is 9.85. The van der Waals surface area contributed by atoms with Crippen LogP contribution in [-0.2, 0) is 10.2 Å². The van der Waals surface area contributed by atoms with Gasteiger partial charge in [0.05, 0.1) is 24.8 Å². The first kappa shape index (κ1) is 9.68. The van der Waals surface area contributed by atoms with Crippen LogP contribution in [0.15, 0.2) is 12.5 Å². The summed E-state index contributed by atoms with van der Waals surface area (Å²) < 4.78 is 5.40. The molecule has 0 bridgehead atoms. The number of rotatable bonds is 1. The first-order chi connectivity index (χ1) is 7.70. The Morgan fingerprint density at radius 1 is 1.62 bits per heavy atom. The molecule has 0 aliphatic carbocycles. The van der Waals surface area contributed by atoms with Gasteiger partial charge in [0, 0.05) is 6.04 Å². The fourth-order valence-corrected chi connectivity index (χ4v) is 1.97. The minimum atomic E-state index is -0.263. The molecule has 2 aromatic heterocycles. The summed E-state index contributed by atoms with van der Waals surface area (Å²) in [5.41, 5.74) is 7.29. The van der Waals surface area contributed by atoms with Crippen LogP contribution < -0.4 is 5.73 Å². The Morgan fingerprint density at radius 2 is 2.50 bits per heavy atom. The van der Waals surface area contributed by atoms with Gasteiger partial charge in [0.2, 0.25) is 0 Å². The summed E-state index contributed by atoms with van der Waals surface area (Å²) in [7, 11) is 0. The molecule has 3 rings (SSSR count). The number of nitrogens with two attached hydrogens (primary N) is 1. The fraction of sp³-hybridized carbons (Fsp3) is 0.500. The van der Waals surface area contributed by atoms with Crippen LogP contribution in [0.25, 0.3) is 11.2 Å². The SMILES string of the molecule is CC1(c2nc3ncncc3[nH]2)COCC1N. The maximum atomic E-state index is 6.05. The van der Waals surface area contributed by atoms with E-state index in [0.717, 1.165) is 11.3 Å². The third-order valence-electron chi connectivity index (χ3n) is 3.22. The highest BCUT2D eigenvalue weighted by Gasteiger charge is 2.41. The number of hydrogen-bond donors (Lipinski definition) is 2. The molecule has 3 N–H and O–H groups in total. The van der Waals surface area contributed by atoms with Gasteiger partial charge in [-0.2, -0.15) is 0 Å². The van der Waals surface area contributed by atoms with Crippen LogP contribution in [0.2, 0.25) is 0 Å². The van der Waals surface area contributed by atoms with Gasteiger partial charge >= 0.3 is 0 Å². The lowest BCUT2D eigenvalue weighted by Crippen LogP contribution is -2.42. The van der Waals surface area contributed by atoms with Crippen LogP contribution in [-0.4, -0.2) is 39.2 Å². The van der Waals surface area contributed by atoms with Crippen LogP contribution in [0, 0.1) is 0 Å². The molecular formula is C10H13N5O. The predicted octanol–water partition coefficient (Wildman–Crippen LogP) is -0.0319. The van der Waals surface area contributed by atoms with Gasteiger partial charge in [-0.25, -0.2) is 15.0 Å². The van der Waals surface area contributed by atoms with Crippen LogP contribution >= 0.6 is 0 Å². The first-order valence-electron chi connectivity index (χ1n) is 5.20. The standard InChI is InChI=1S/C10H13N5O/c1-10(4-16-3-7(10)11)9-14-6-2-12-5-13-8(6)15-9/h2,5,7H,3-4,11H2,1H3,(H,12,13,14,15). The topological polar surface area (TPSA) is 89.7 Å². The molecule has 84 valence electrons. The van der Waals surface area contributed by atoms with Gasteiger partial charge in [0.15, 0.2) is 5.65 Å². The maximum absolute atomic E-state index is 6.05. The van der Waals surface area contributed by atoms with Gasteiger partial charge in [-0.05, 0) is 6.92 Å². The van der Waals surface area contributed by atoms with Gasteiger partial charge in [0.25, 0.3) is 0 Å². The van der Waals surface area contributed by atoms with Gasteiger partial charge < -0.3 is 15.5 Å². The third-order valence-corrected chi connectivity index (χ3v) is 3.22. The summed E-state index contributed by atoms with van der Waals surface area (Å²) in [6.07, 6.45) is 3.20. The lowest BCUT2D eigenvalue weighted by molar-refractivity contribution is 0.178. The Balaban J connectivity index is 2.12. The second-order valence-corrected chi connectivity index (χ2v) is 4.38. The molecule has 16 heavy (non-hydrogen) atoms. The van der Waals surface area contributed by atoms with E-state index in [2.05, 4.69) is 26.9 Å². The fourth-order valence-electron chi connectivity index (χ4n) is 1.97. The van der Waals surface area contributed by atoms with Crippen molar-refractivity contribution in [1.82, 2.24) is 19.9 Å². The van der Waals surface area contributed by atoms with E-state index in [1.54, 1.807) is 6.20 Å². The third kappa shape index (κ3) is 1.23. The Kier molecular flexibility index (Phi) is 1.95. The maximum Gasteiger partial charge on any atom is 0.180 e. The molecule has 3 heterocycles. The predicted molar refractivity (Wildman–Crippen MR) is 57.8 cm³/mol. The molecule has 0 amide bonds. The largest absolute Gasteiger partial charge is 0.379 e. The molecule has 6 heteroatoms. The van der Waals surface area contributed by atoms with Crippen molar-refractivity contribution in [2.75, 3.05) is 13.2 Å². The Labute approximate surface area is 92.3 Å². The molecule has 1 aliphatic heterocycles. The van der Waals surface area contributed by atoms with Crippen molar-refractivity contribution >= 4 is 11.2 Å². The zero-order valence-electron chi connectivity index (χ0n) is 8.97. The number of aromatic amines is 1. The zero-order valence-corrected chi connectivity index (χ0v) is 8.97. The van der Waals surface area contributed by atoms with E-state index < -0.39 is 0 Å². The molecule has 2 atom stereocenters. The highest BCUT2D eigenvalue weighted by atomic mass is 16.5. The summed E-state index contributed by atoms with van der Waals surface area (Å²) in [6.45, 7) is 3.20. The van der Waals surface area contributed by atoms with Crippen LogP contribution in [0.3, 0.4) is 0 Å². The van der Waals surface area contributed by atoms with Crippen molar-refractivity contribution in [3.8, 4) is 0 Å². The molecule has 0 saturated carbocycles. The molecule has 2 aromatic rings. The van der Waals surface area contributed by atoms with Crippen molar-refractivity contribution in [1.29, 1.82) is 0 Å². The highest BCUT2D eigenvalue weighted by molar-refractivity contribution is 5.69. The molecule has 2 unspecified atom stereocenters. The van der Waals surface area contributed by atoms with Crippen molar-refractivity contribution in [2.45, 2.75) is 18.4 Å². The number of hydrogen-bond acceptors (Lipinski definition) is 5. The molecule has 0 aromatic carbocycles. The molecule has 1 aliphatic rings. The van der Waals surface area contributed by atoms with E-state index in [4.69, 9.17) is 10.5 Å². The monoisotopic (exact) mass is 219 g/mol. The number of fused-ring (bicyclic) bond motifs is 1. The highest BCUT2D eigenvalue weighted by Crippen LogP contribution is 2.30. The Bertz CT molecular complexity index is 492. The molecule has 6 nitrogen and oxygen atoms in total. The number of imidazole rings is 1. The quantitative estimate of drug-likeness (QED) is 0.702. The number of aromatic nitrogens is 4. The average Bonchev–Trinajstić information content (AvgIpc) is 2.84. The van der Waals surface area contributed by atoms with Crippen molar-refractivity contribution in [3.05, 3.63) is 18.3 Å². The van der Waals surface area contributed by atoms with Crippen molar-refractivity contribution in [2.24, 2.45) is 5.73 Å². The smallest absolute Gasteiger partial charge is 0.180 e. The second kappa shape index (κ2) is 3.23. The van der Waals surface area contributed by atoms with Crippen molar-refractivity contribution in [3.63, 3.8) is 0 Å². The second-order valence-electron chi connectivity index (χ2n) is 4.38. The van der Waals surface area contributed by atoms with E-state index in [-0.39, 0.29) is 11.5 Å². The number of ether oxygens (including phenoxy) is 1. The normalized spacial score (nSPS) is 30.0. The van der Waals surface area contributed by atoms with E-state index in [1.807, 2.05) is 0 Å². The summed E-state index contributed by atoms with van der Waals surface area (Å²) >= 11 is 0. The van der Waals surface area contributed by atoms with Crippen LogP contribution in [0.1, 0.15) is 12.7 Å². The first-order valence-corrected chi connectivity index (χ1v) is 5.20. The Hall–Kier alpha value is -1.53.